The molecule has 2 N–H and O–H groups in total. The third kappa shape index (κ3) is 4.44. The predicted molar refractivity (Wildman–Crippen MR) is 69.1 cm³/mol. The van der Waals surface area contributed by atoms with Crippen molar-refractivity contribution < 1.29 is 4.79 Å². The number of nitrogens with one attached hydrogen (secondary N) is 2. The highest BCUT2D eigenvalue weighted by molar-refractivity contribution is 7.09. The highest BCUT2D eigenvalue weighted by atomic mass is 32.1. The largest absolute Gasteiger partial charge is 0.354 e. The van der Waals surface area contributed by atoms with Crippen molar-refractivity contribution in [3.63, 3.8) is 0 Å². The van der Waals surface area contributed by atoms with E-state index in [9.17, 15) is 4.79 Å². The van der Waals surface area contributed by atoms with Crippen LogP contribution < -0.4 is 10.6 Å². The Morgan fingerprint density at radius 2 is 2.47 bits per heavy atom. The summed E-state index contributed by atoms with van der Waals surface area (Å²) in [6, 6.07) is 0. The Bertz CT molecular complexity index is 349. The molecule has 1 aliphatic carbocycles. The van der Waals surface area contributed by atoms with Crippen molar-refractivity contribution in [3.8, 4) is 0 Å². The normalized spacial score (nSPS) is 16.8. The van der Waals surface area contributed by atoms with Gasteiger partial charge in [0.15, 0.2) is 0 Å². The van der Waals surface area contributed by atoms with E-state index in [1.165, 1.54) is 12.8 Å². The van der Waals surface area contributed by atoms with Gasteiger partial charge in [0.25, 0.3) is 0 Å². The molecule has 1 atom stereocenters. The first-order valence-corrected chi connectivity index (χ1v) is 7.00. The summed E-state index contributed by atoms with van der Waals surface area (Å²) in [5, 5.41) is 9.15. The van der Waals surface area contributed by atoms with Gasteiger partial charge < -0.3 is 10.6 Å². The molecule has 1 aromatic heterocycles. The van der Waals surface area contributed by atoms with Gasteiger partial charge in [-0.15, -0.1) is 11.3 Å². The van der Waals surface area contributed by atoms with Gasteiger partial charge in [0.2, 0.25) is 5.91 Å². The molecule has 1 amide bonds. The standard InChI is InChI=1S/C12H19N3OS/c1-9(12-14-4-5-17-12)6-15-11(16)8-13-7-10-2-3-10/h4-5,9-10,13H,2-3,6-8H2,1H3,(H,15,16). The van der Waals surface area contributed by atoms with Crippen LogP contribution in [0.15, 0.2) is 11.6 Å². The van der Waals surface area contributed by atoms with Crippen molar-refractivity contribution in [3.05, 3.63) is 16.6 Å². The summed E-state index contributed by atoms with van der Waals surface area (Å²) < 4.78 is 0. The van der Waals surface area contributed by atoms with Crippen LogP contribution in [0.25, 0.3) is 0 Å². The second-order valence-electron chi connectivity index (χ2n) is 4.65. The smallest absolute Gasteiger partial charge is 0.233 e. The number of rotatable bonds is 7. The molecule has 94 valence electrons. The molecule has 0 aliphatic heterocycles. The van der Waals surface area contributed by atoms with Crippen LogP contribution in [-0.2, 0) is 4.79 Å². The summed E-state index contributed by atoms with van der Waals surface area (Å²) in [4.78, 5) is 15.8. The van der Waals surface area contributed by atoms with Crippen LogP contribution in [-0.4, -0.2) is 30.5 Å². The van der Waals surface area contributed by atoms with Crippen molar-refractivity contribution in [2.45, 2.75) is 25.7 Å². The minimum absolute atomic E-state index is 0.0778. The molecule has 2 rings (SSSR count). The van der Waals surface area contributed by atoms with E-state index in [4.69, 9.17) is 0 Å². The topological polar surface area (TPSA) is 54.0 Å². The van der Waals surface area contributed by atoms with Gasteiger partial charge in [-0.25, -0.2) is 4.98 Å². The van der Waals surface area contributed by atoms with Gasteiger partial charge in [0.05, 0.1) is 11.6 Å². The Morgan fingerprint density at radius 3 is 3.12 bits per heavy atom. The van der Waals surface area contributed by atoms with E-state index >= 15 is 0 Å². The van der Waals surface area contributed by atoms with E-state index < -0.39 is 0 Å². The number of carbonyl (C=O) groups excluding carboxylic acids is 1. The Balaban J connectivity index is 1.58. The summed E-state index contributed by atoms with van der Waals surface area (Å²) in [6.45, 7) is 4.16. The zero-order valence-electron chi connectivity index (χ0n) is 10.1. The number of carbonyl (C=O) groups is 1. The summed E-state index contributed by atoms with van der Waals surface area (Å²) in [7, 11) is 0. The average Bonchev–Trinajstić information content (AvgIpc) is 2.97. The highest BCUT2D eigenvalue weighted by Gasteiger charge is 2.20. The number of amides is 1. The second-order valence-corrected chi connectivity index (χ2v) is 5.58. The molecule has 0 bridgehead atoms. The van der Waals surface area contributed by atoms with Crippen molar-refractivity contribution in [1.29, 1.82) is 0 Å². The maximum atomic E-state index is 11.5. The molecule has 4 nitrogen and oxygen atoms in total. The van der Waals surface area contributed by atoms with Gasteiger partial charge in [-0.05, 0) is 25.3 Å². The molecular weight excluding hydrogens is 234 g/mol. The average molecular weight is 253 g/mol. The van der Waals surface area contributed by atoms with Crippen LogP contribution in [0.5, 0.6) is 0 Å². The fraction of sp³-hybridized carbons (Fsp3) is 0.667. The molecule has 1 saturated carbocycles. The molecule has 5 heteroatoms. The zero-order chi connectivity index (χ0) is 12.1. The minimum Gasteiger partial charge on any atom is -0.354 e. The van der Waals surface area contributed by atoms with Gasteiger partial charge in [-0.3, -0.25) is 4.79 Å². The lowest BCUT2D eigenvalue weighted by Gasteiger charge is -2.10. The first kappa shape index (κ1) is 12.5. The molecule has 0 spiro atoms. The van der Waals surface area contributed by atoms with E-state index in [1.54, 1.807) is 17.5 Å². The molecule has 1 heterocycles. The zero-order valence-corrected chi connectivity index (χ0v) is 10.9. The van der Waals surface area contributed by atoms with Crippen molar-refractivity contribution in [2.24, 2.45) is 5.92 Å². The molecule has 1 aromatic rings. The molecular formula is C12H19N3OS. The Labute approximate surface area is 106 Å². The minimum atomic E-state index is 0.0778. The molecule has 0 saturated heterocycles. The maximum absolute atomic E-state index is 11.5. The number of aromatic nitrogens is 1. The number of nitrogens with zero attached hydrogens (tertiary/aromatic N) is 1. The Morgan fingerprint density at radius 1 is 1.65 bits per heavy atom. The number of hydrogen-bond donors (Lipinski definition) is 2. The van der Waals surface area contributed by atoms with E-state index in [0.717, 1.165) is 17.5 Å². The van der Waals surface area contributed by atoms with E-state index in [1.807, 2.05) is 5.38 Å². The summed E-state index contributed by atoms with van der Waals surface area (Å²) in [6.07, 6.45) is 4.43. The molecule has 0 aromatic carbocycles. The monoisotopic (exact) mass is 253 g/mol. The van der Waals surface area contributed by atoms with E-state index in [0.29, 0.717) is 19.0 Å². The van der Waals surface area contributed by atoms with E-state index in [2.05, 4.69) is 22.5 Å². The van der Waals surface area contributed by atoms with Gasteiger partial charge in [0, 0.05) is 24.0 Å². The SMILES string of the molecule is CC(CNC(=O)CNCC1CC1)c1nccs1. The molecule has 1 aliphatic rings. The number of hydrogen-bond acceptors (Lipinski definition) is 4. The Kier molecular flexibility index (Phi) is 4.50. The van der Waals surface area contributed by atoms with Gasteiger partial charge in [-0.2, -0.15) is 0 Å². The quantitative estimate of drug-likeness (QED) is 0.771. The number of thiazole rings is 1. The van der Waals surface area contributed by atoms with Gasteiger partial charge in [-0.1, -0.05) is 6.92 Å². The summed E-state index contributed by atoms with van der Waals surface area (Å²) >= 11 is 1.63. The molecule has 0 radical (unpaired) electrons. The van der Waals surface area contributed by atoms with Crippen molar-refractivity contribution in [1.82, 2.24) is 15.6 Å². The third-order valence-electron chi connectivity index (χ3n) is 2.89. The van der Waals surface area contributed by atoms with Crippen molar-refractivity contribution in [2.75, 3.05) is 19.6 Å². The first-order chi connectivity index (χ1) is 8.25. The fourth-order valence-corrected chi connectivity index (χ4v) is 2.30. The van der Waals surface area contributed by atoms with Crippen LogP contribution in [0.1, 0.15) is 30.7 Å². The van der Waals surface area contributed by atoms with Crippen molar-refractivity contribution >= 4 is 17.2 Å². The highest BCUT2D eigenvalue weighted by Crippen LogP contribution is 2.27. The lowest BCUT2D eigenvalue weighted by molar-refractivity contribution is -0.120. The summed E-state index contributed by atoms with van der Waals surface area (Å²) in [5.41, 5.74) is 0. The molecule has 1 fully saturated rings. The summed E-state index contributed by atoms with van der Waals surface area (Å²) in [5.74, 6) is 1.19. The fourth-order valence-electron chi connectivity index (χ4n) is 1.61. The third-order valence-corrected chi connectivity index (χ3v) is 3.90. The van der Waals surface area contributed by atoms with Crippen LogP contribution in [0, 0.1) is 5.92 Å². The lowest BCUT2D eigenvalue weighted by atomic mass is 10.2. The predicted octanol–water partition coefficient (Wildman–Crippen LogP) is 1.36. The maximum Gasteiger partial charge on any atom is 0.233 e. The first-order valence-electron chi connectivity index (χ1n) is 6.12. The molecule has 17 heavy (non-hydrogen) atoms. The van der Waals surface area contributed by atoms with Crippen LogP contribution in [0.3, 0.4) is 0 Å². The van der Waals surface area contributed by atoms with Gasteiger partial charge >= 0.3 is 0 Å². The van der Waals surface area contributed by atoms with Crippen LogP contribution >= 0.6 is 11.3 Å². The second kappa shape index (κ2) is 6.12. The Hall–Kier alpha value is -0.940. The van der Waals surface area contributed by atoms with Crippen LogP contribution in [0.2, 0.25) is 0 Å². The van der Waals surface area contributed by atoms with Gasteiger partial charge in [0.1, 0.15) is 0 Å². The lowest BCUT2D eigenvalue weighted by Crippen LogP contribution is -2.36. The molecule has 1 unspecified atom stereocenters. The van der Waals surface area contributed by atoms with E-state index in [-0.39, 0.29) is 5.91 Å². The van der Waals surface area contributed by atoms with Crippen LogP contribution in [0.4, 0.5) is 0 Å².